The lowest BCUT2D eigenvalue weighted by molar-refractivity contribution is -0.155. The number of ether oxygens (including phenoxy) is 1. The largest absolute Gasteiger partial charge is 0.451 e. The van der Waals surface area contributed by atoms with Crippen molar-refractivity contribution in [2.24, 2.45) is 11.3 Å². The number of hydrogen-bond acceptors (Lipinski definition) is 5. The number of nitrogens with one attached hydrogen (secondary N) is 2. The number of carbonyl (C=O) groups excluding carboxylic acids is 4. The van der Waals surface area contributed by atoms with Gasteiger partial charge in [-0.05, 0) is 60.6 Å². The van der Waals surface area contributed by atoms with Crippen molar-refractivity contribution in [2.45, 2.75) is 84.8 Å². The van der Waals surface area contributed by atoms with Gasteiger partial charge in [-0.25, -0.2) is 4.79 Å². The molecule has 1 aromatic rings. The van der Waals surface area contributed by atoms with Crippen LogP contribution in [-0.4, -0.2) is 46.9 Å². The zero-order chi connectivity index (χ0) is 25.5. The van der Waals surface area contributed by atoms with Gasteiger partial charge >= 0.3 is 12.0 Å². The van der Waals surface area contributed by atoms with E-state index in [2.05, 4.69) is 52.2 Å². The molecule has 186 valence electrons. The Morgan fingerprint density at radius 3 is 2.35 bits per heavy atom. The maximum atomic E-state index is 13.2. The average Bonchev–Trinajstić information content (AvgIpc) is 2.89. The summed E-state index contributed by atoms with van der Waals surface area (Å²) >= 11 is 0. The first-order chi connectivity index (χ1) is 15.6. The summed E-state index contributed by atoms with van der Waals surface area (Å²) in [5.74, 6) is -1.44. The highest BCUT2D eigenvalue weighted by molar-refractivity contribution is 6.09. The lowest BCUT2D eigenvalue weighted by Gasteiger charge is -2.43. The highest BCUT2D eigenvalue weighted by atomic mass is 16.5. The van der Waals surface area contributed by atoms with Crippen molar-refractivity contribution in [3.63, 3.8) is 0 Å². The summed E-state index contributed by atoms with van der Waals surface area (Å²) in [5, 5.41) is 5.56. The van der Waals surface area contributed by atoms with Crippen molar-refractivity contribution in [2.75, 3.05) is 11.9 Å². The monoisotopic (exact) mass is 471 g/mol. The molecule has 2 N–H and O–H groups in total. The van der Waals surface area contributed by atoms with Crippen LogP contribution < -0.4 is 10.6 Å². The standard InChI is InChI=1S/C26H37N3O5/c1-16-12-25(6,7)15-26(13-16)22(32)29(23(33)28-26)14-20(30)34-17(2)21(31)27-19-10-8-18(9-11-19)24(3,4)5/h8-11,16-17H,12-15H2,1-7H3,(H,27,31)(H,28,33). The van der Waals surface area contributed by atoms with Crippen molar-refractivity contribution in [3.8, 4) is 0 Å². The molecule has 1 aliphatic heterocycles. The number of urea groups is 1. The van der Waals surface area contributed by atoms with Crippen LogP contribution in [0.25, 0.3) is 0 Å². The first-order valence-electron chi connectivity index (χ1n) is 11.9. The third kappa shape index (κ3) is 5.59. The van der Waals surface area contributed by atoms with Gasteiger partial charge in [0.15, 0.2) is 6.10 Å². The summed E-state index contributed by atoms with van der Waals surface area (Å²) in [6.07, 6.45) is 0.941. The highest BCUT2D eigenvalue weighted by Crippen LogP contribution is 2.46. The Bertz CT molecular complexity index is 979. The topological polar surface area (TPSA) is 105 Å². The third-order valence-electron chi connectivity index (χ3n) is 6.61. The summed E-state index contributed by atoms with van der Waals surface area (Å²) in [5.41, 5.74) is 0.627. The smallest absolute Gasteiger partial charge is 0.327 e. The predicted octanol–water partition coefficient (Wildman–Crippen LogP) is 3.99. The molecule has 1 spiro atoms. The van der Waals surface area contributed by atoms with Gasteiger partial charge in [-0.1, -0.05) is 53.7 Å². The Kier molecular flexibility index (Phi) is 6.84. The molecule has 1 aliphatic carbocycles. The molecule has 34 heavy (non-hydrogen) atoms. The van der Waals surface area contributed by atoms with Gasteiger partial charge in [0, 0.05) is 5.69 Å². The van der Waals surface area contributed by atoms with Crippen molar-refractivity contribution < 1.29 is 23.9 Å². The van der Waals surface area contributed by atoms with Gasteiger partial charge in [0.25, 0.3) is 11.8 Å². The Morgan fingerprint density at radius 2 is 1.79 bits per heavy atom. The van der Waals surface area contributed by atoms with Gasteiger partial charge in [0.2, 0.25) is 0 Å². The maximum Gasteiger partial charge on any atom is 0.327 e. The molecule has 1 saturated heterocycles. The number of nitrogens with zero attached hydrogens (tertiary/aromatic N) is 1. The molecule has 1 aromatic carbocycles. The number of amides is 4. The van der Waals surface area contributed by atoms with Crippen molar-refractivity contribution >= 4 is 29.5 Å². The molecule has 0 aromatic heterocycles. The van der Waals surface area contributed by atoms with Crippen LogP contribution in [0.2, 0.25) is 0 Å². The van der Waals surface area contributed by atoms with E-state index >= 15 is 0 Å². The zero-order valence-corrected chi connectivity index (χ0v) is 21.3. The van der Waals surface area contributed by atoms with E-state index in [9.17, 15) is 19.2 Å². The van der Waals surface area contributed by atoms with Gasteiger partial charge < -0.3 is 15.4 Å². The number of esters is 1. The van der Waals surface area contributed by atoms with Gasteiger partial charge in [0.1, 0.15) is 12.1 Å². The van der Waals surface area contributed by atoms with Crippen LogP contribution >= 0.6 is 0 Å². The molecule has 3 rings (SSSR count). The van der Waals surface area contributed by atoms with E-state index < -0.39 is 42.0 Å². The minimum atomic E-state index is -1.09. The van der Waals surface area contributed by atoms with E-state index in [4.69, 9.17) is 4.74 Å². The fraction of sp³-hybridized carbons (Fsp3) is 0.615. The van der Waals surface area contributed by atoms with Crippen LogP contribution in [0.1, 0.15) is 73.3 Å². The third-order valence-corrected chi connectivity index (χ3v) is 6.61. The lowest BCUT2D eigenvalue weighted by Crippen LogP contribution is -2.54. The van der Waals surface area contributed by atoms with Gasteiger partial charge in [-0.2, -0.15) is 0 Å². The number of imide groups is 1. The first-order valence-corrected chi connectivity index (χ1v) is 11.9. The second-order valence-electron chi connectivity index (χ2n) is 11.7. The number of carbonyl (C=O) groups is 4. The Morgan fingerprint density at radius 1 is 1.18 bits per heavy atom. The summed E-state index contributed by atoms with van der Waals surface area (Å²) in [7, 11) is 0. The molecule has 2 aliphatic rings. The molecule has 2 fully saturated rings. The molecule has 8 heteroatoms. The van der Waals surface area contributed by atoms with E-state index in [0.29, 0.717) is 18.5 Å². The maximum absolute atomic E-state index is 13.2. The van der Waals surface area contributed by atoms with Crippen LogP contribution in [0.5, 0.6) is 0 Å². The molecular weight excluding hydrogens is 434 g/mol. The molecule has 0 radical (unpaired) electrons. The lowest BCUT2D eigenvalue weighted by atomic mass is 9.64. The first kappa shape index (κ1) is 25.7. The minimum Gasteiger partial charge on any atom is -0.451 e. The Hall–Kier alpha value is -2.90. The second kappa shape index (κ2) is 9.04. The molecule has 3 atom stereocenters. The van der Waals surface area contributed by atoms with Gasteiger partial charge in [-0.3, -0.25) is 19.3 Å². The predicted molar refractivity (Wildman–Crippen MR) is 129 cm³/mol. The van der Waals surface area contributed by atoms with E-state index in [1.54, 1.807) is 12.1 Å². The van der Waals surface area contributed by atoms with Crippen molar-refractivity contribution in [1.82, 2.24) is 10.2 Å². The molecule has 0 bridgehead atoms. The number of anilines is 1. The highest BCUT2D eigenvalue weighted by Gasteiger charge is 2.56. The molecular formula is C26H37N3O5. The summed E-state index contributed by atoms with van der Waals surface area (Å²) in [4.78, 5) is 51.7. The van der Waals surface area contributed by atoms with Crippen molar-refractivity contribution in [3.05, 3.63) is 29.8 Å². The van der Waals surface area contributed by atoms with E-state index in [-0.39, 0.29) is 16.7 Å². The quantitative estimate of drug-likeness (QED) is 0.499. The zero-order valence-electron chi connectivity index (χ0n) is 21.3. The van der Waals surface area contributed by atoms with Crippen LogP contribution in [0, 0.1) is 11.3 Å². The second-order valence-corrected chi connectivity index (χ2v) is 11.7. The van der Waals surface area contributed by atoms with Crippen LogP contribution in [0.4, 0.5) is 10.5 Å². The summed E-state index contributed by atoms with van der Waals surface area (Å²) < 4.78 is 5.23. The Balaban J connectivity index is 1.58. The number of rotatable bonds is 5. The molecule has 1 saturated carbocycles. The molecule has 8 nitrogen and oxygen atoms in total. The molecule has 1 heterocycles. The van der Waals surface area contributed by atoms with Crippen molar-refractivity contribution in [1.29, 1.82) is 0 Å². The molecule has 3 unspecified atom stereocenters. The average molecular weight is 472 g/mol. The van der Waals surface area contributed by atoms with Crippen LogP contribution in [0.15, 0.2) is 24.3 Å². The van der Waals surface area contributed by atoms with E-state index in [1.165, 1.54) is 6.92 Å². The number of benzene rings is 1. The van der Waals surface area contributed by atoms with E-state index in [1.807, 2.05) is 12.1 Å². The number of hydrogen-bond donors (Lipinski definition) is 2. The molecule has 4 amide bonds. The SMILES string of the molecule is CC1CC(C)(C)CC2(C1)NC(=O)N(CC(=O)OC(C)C(=O)Nc1ccc(C(C)(C)C)cc1)C2=O. The van der Waals surface area contributed by atoms with Crippen LogP contribution in [0.3, 0.4) is 0 Å². The summed E-state index contributed by atoms with van der Waals surface area (Å²) in [6, 6.07) is 6.88. The Labute approximate surface area is 201 Å². The fourth-order valence-corrected chi connectivity index (χ4v) is 5.36. The fourth-order valence-electron chi connectivity index (χ4n) is 5.36. The normalized spacial score (nSPS) is 25.1. The van der Waals surface area contributed by atoms with Gasteiger partial charge in [0.05, 0.1) is 0 Å². The van der Waals surface area contributed by atoms with Crippen LogP contribution in [-0.2, 0) is 24.5 Å². The summed E-state index contributed by atoms with van der Waals surface area (Å²) in [6.45, 7) is 13.5. The van der Waals surface area contributed by atoms with E-state index in [0.717, 1.165) is 16.9 Å². The minimum absolute atomic E-state index is 0.00530. The van der Waals surface area contributed by atoms with Gasteiger partial charge in [-0.15, -0.1) is 0 Å².